The highest BCUT2D eigenvalue weighted by molar-refractivity contribution is 5.04. The third-order valence-corrected chi connectivity index (χ3v) is 4.39. The Hall–Kier alpha value is -2.16. The number of piperidine rings is 1. The van der Waals surface area contributed by atoms with E-state index in [0.717, 1.165) is 43.7 Å². The molecule has 1 fully saturated rings. The van der Waals surface area contributed by atoms with Gasteiger partial charge in [-0.05, 0) is 38.8 Å². The number of rotatable bonds is 4. The lowest BCUT2D eigenvalue weighted by Gasteiger charge is -2.31. The van der Waals surface area contributed by atoms with E-state index in [1.54, 1.807) is 0 Å². The zero-order chi connectivity index (χ0) is 18.0. The first-order valence-electron chi connectivity index (χ1n) is 8.09. The van der Waals surface area contributed by atoms with Crippen molar-refractivity contribution in [3.05, 3.63) is 46.0 Å². The van der Waals surface area contributed by atoms with Crippen molar-refractivity contribution in [2.45, 2.75) is 39.0 Å². The Balaban J connectivity index is 1.54. The summed E-state index contributed by atoms with van der Waals surface area (Å²) < 4.78 is 44.1. The molecular formula is C16H19F3N4O2. The summed E-state index contributed by atoms with van der Waals surface area (Å²) in [5.41, 5.74) is -0.966. The third kappa shape index (κ3) is 4.47. The van der Waals surface area contributed by atoms with Crippen molar-refractivity contribution >= 4 is 0 Å². The minimum atomic E-state index is -4.59. The lowest BCUT2D eigenvalue weighted by Crippen LogP contribution is -2.36. The van der Waals surface area contributed by atoms with E-state index in [-0.39, 0.29) is 5.92 Å². The van der Waals surface area contributed by atoms with Crippen LogP contribution in [-0.4, -0.2) is 32.7 Å². The molecule has 2 aromatic heterocycles. The van der Waals surface area contributed by atoms with Crippen LogP contribution in [0, 0.1) is 12.8 Å². The third-order valence-electron chi connectivity index (χ3n) is 4.39. The van der Waals surface area contributed by atoms with E-state index in [0.29, 0.717) is 19.2 Å². The quantitative estimate of drug-likeness (QED) is 0.842. The van der Waals surface area contributed by atoms with Gasteiger partial charge < -0.3 is 4.52 Å². The summed E-state index contributed by atoms with van der Waals surface area (Å²) in [6.45, 7) is 4.63. The second-order valence-corrected chi connectivity index (χ2v) is 6.42. The number of aryl methyl sites for hydroxylation is 1. The minimum absolute atomic E-state index is 0.240. The second kappa shape index (κ2) is 6.99. The van der Waals surface area contributed by atoms with Gasteiger partial charge in [-0.15, -0.1) is 0 Å². The molecule has 3 heterocycles. The lowest BCUT2D eigenvalue weighted by atomic mass is 9.96. The van der Waals surface area contributed by atoms with E-state index < -0.39 is 17.4 Å². The minimum Gasteiger partial charge on any atom is -0.360 e. The van der Waals surface area contributed by atoms with Gasteiger partial charge in [0.25, 0.3) is 5.56 Å². The summed E-state index contributed by atoms with van der Waals surface area (Å²) in [6, 6.07) is 2.46. The molecule has 0 spiro atoms. The summed E-state index contributed by atoms with van der Waals surface area (Å²) in [6.07, 6.45) is -1.88. The van der Waals surface area contributed by atoms with Crippen molar-refractivity contribution in [3.63, 3.8) is 0 Å². The van der Waals surface area contributed by atoms with E-state index in [1.165, 1.54) is 4.57 Å². The van der Waals surface area contributed by atoms with Crippen LogP contribution in [0.3, 0.4) is 0 Å². The molecule has 0 amide bonds. The van der Waals surface area contributed by atoms with Crippen molar-refractivity contribution in [2.24, 2.45) is 5.92 Å². The molecule has 0 unspecified atom stereocenters. The number of aromatic nitrogens is 3. The van der Waals surface area contributed by atoms with Crippen LogP contribution in [0.2, 0.25) is 0 Å². The van der Waals surface area contributed by atoms with Gasteiger partial charge in [0, 0.05) is 18.7 Å². The molecule has 25 heavy (non-hydrogen) atoms. The molecule has 9 heteroatoms. The summed E-state index contributed by atoms with van der Waals surface area (Å²) in [5.74, 6) is 1.06. The highest BCUT2D eigenvalue weighted by Crippen LogP contribution is 2.26. The number of hydrogen-bond donors (Lipinski definition) is 0. The van der Waals surface area contributed by atoms with E-state index >= 15 is 0 Å². The molecule has 1 saturated heterocycles. The fourth-order valence-corrected chi connectivity index (χ4v) is 3.03. The SMILES string of the molecule is Cc1cc(CN2CCC(Cn3cnc(C(F)(F)F)cc3=O)CC2)on1. The van der Waals surface area contributed by atoms with Gasteiger partial charge in [-0.25, -0.2) is 4.98 Å². The molecule has 2 aromatic rings. The van der Waals surface area contributed by atoms with Gasteiger partial charge in [0.1, 0.15) is 0 Å². The maximum absolute atomic E-state index is 12.6. The van der Waals surface area contributed by atoms with Crippen LogP contribution in [0.1, 0.15) is 30.0 Å². The Kier molecular flexibility index (Phi) is 4.94. The fraction of sp³-hybridized carbons (Fsp3) is 0.562. The maximum atomic E-state index is 12.6. The predicted molar refractivity (Wildman–Crippen MR) is 82.7 cm³/mol. The Morgan fingerprint density at radius 3 is 2.56 bits per heavy atom. The standard InChI is InChI=1S/C16H19F3N4O2/c1-11-6-13(25-21-11)9-22-4-2-12(3-5-22)8-23-10-20-14(7-15(23)24)16(17,18)19/h6-7,10,12H,2-5,8-9H2,1H3. The van der Waals surface area contributed by atoms with E-state index in [1.807, 2.05) is 13.0 Å². The van der Waals surface area contributed by atoms with Crippen LogP contribution in [0.25, 0.3) is 0 Å². The largest absolute Gasteiger partial charge is 0.433 e. The van der Waals surface area contributed by atoms with Gasteiger partial charge in [-0.3, -0.25) is 14.3 Å². The molecule has 136 valence electrons. The molecule has 0 N–H and O–H groups in total. The first-order chi connectivity index (χ1) is 11.8. The Morgan fingerprint density at radius 1 is 1.28 bits per heavy atom. The van der Waals surface area contributed by atoms with Crippen LogP contribution in [0.15, 0.2) is 27.8 Å². The van der Waals surface area contributed by atoms with Gasteiger partial charge in [0.2, 0.25) is 0 Å². The van der Waals surface area contributed by atoms with Crippen LogP contribution in [0.5, 0.6) is 0 Å². The molecule has 0 bridgehead atoms. The van der Waals surface area contributed by atoms with Gasteiger partial charge in [0.15, 0.2) is 11.5 Å². The highest BCUT2D eigenvalue weighted by atomic mass is 19.4. The van der Waals surface area contributed by atoms with Crippen molar-refractivity contribution in [3.8, 4) is 0 Å². The van der Waals surface area contributed by atoms with Crippen molar-refractivity contribution in [1.82, 2.24) is 19.6 Å². The summed E-state index contributed by atoms with van der Waals surface area (Å²) >= 11 is 0. The molecule has 1 aliphatic rings. The average molecular weight is 356 g/mol. The monoisotopic (exact) mass is 356 g/mol. The number of nitrogens with zero attached hydrogens (tertiary/aromatic N) is 4. The average Bonchev–Trinajstić information content (AvgIpc) is 2.95. The first kappa shape index (κ1) is 17.7. The Morgan fingerprint density at radius 2 is 2.00 bits per heavy atom. The maximum Gasteiger partial charge on any atom is 0.433 e. The zero-order valence-corrected chi connectivity index (χ0v) is 13.8. The second-order valence-electron chi connectivity index (χ2n) is 6.42. The van der Waals surface area contributed by atoms with Crippen LogP contribution in [0.4, 0.5) is 13.2 Å². The Bertz CT molecular complexity index is 776. The zero-order valence-electron chi connectivity index (χ0n) is 13.8. The fourth-order valence-electron chi connectivity index (χ4n) is 3.03. The van der Waals surface area contributed by atoms with Crippen molar-refractivity contribution < 1.29 is 17.7 Å². The highest BCUT2D eigenvalue weighted by Gasteiger charge is 2.33. The van der Waals surface area contributed by atoms with E-state index in [9.17, 15) is 18.0 Å². The van der Waals surface area contributed by atoms with E-state index in [4.69, 9.17) is 4.52 Å². The van der Waals surface area contributed by atoms with Gasteiger partial charge in [0.05, 0.1) is 18.6 Å². The molecule has 6 nitrogen and oxygen atoms in total. The predicted octanol–water partition coefficient (Wildman–Crippen LogP) is 2.47. The topological polar surface area (TPSA) is 64.2 Å². The van der Waals surface area contributed by atoms with Crippen molar-refractivity contribution in [2.75, 3.05) is 13.1 Å². The molecule has 3 rings (SSSR count). The number of hydrogen-bond acceptors (Lipinski definition) is 5. The number of alkyl halides is 3. The normalized spacial score (nSPS) is 17.1. The molecule has 1 aliphatic heterocycles. The first-order valence-corrected chi connectivity index (χ1v) is 8.09. The summed E-state index contributed by atoms with van der Waals surface area (Å²) in [4.78, 5) is 17.5. The molecule has 0 aliphatic carbocycles. The molecule has 0 aromatic carbocycles. The van der Waals surface area contributed by atoms with Crippen LogP contribution in [-0.2, 0) is 19.3 Å². The molecule has 0 radical (unpaired) electrons. The number of likely N-dealkylation sites (tertiary alicyclic amines) is 1. The number of halogens is 3. The van der Waals surface area contributed by atoms with Crippen LogP contribution < -0.4 is 5.56 Å². The Labute approximate surface area is 142 Å². The van der Waals surface area contributed by atoms with Gasteiger partial charge >= 0.3 is 6.18 Å². The van der Waals surface area contributed by atoms with Gasteiger partial charge in [-0.1, -0.05) is 5.16 Å². The summed E-state index contributed by atoms with van der Waals surface area (Å²) in [5, 5.41) is 3.86. The lowest BCUT2D eigenvalue weighted by molar-refractivity contribution is -0.141. The van der Waals surface area contributed by atoms with Crippen LogP contribution >= 0.6 is 0 Å². The molecular weight excluding hydrogens is 337 g/mol. The summed E-state index contributed by atoms with van der Waals surface area (Å²) in [7, 11) is 0. The van der Waals surface area contributed by atoms with Crippen molar-refractivity contribution in [1.29, 1.82) is 0 Å². The molecule has 0 atom stereocenters. The smallest absolute Gasteiger partial charge is 0.360 e. The molecule has 0 saturated carbocycles. The van der Waals surface area contributed by atoms with E-state index in [2.05, 4.69) is 15.0 Å². The van der Waals surface area contributed by atoms with Gasteiger partial charge in [-0.2, -0.15) is 13.2 Å².